The van der Waals surface area contributed by atoms with Gasteiger partial charge in [0.1, 0.15) is 24.4 Å². The summed E-state index contributed by atoms with van der Waals surface area (Å²) in [5.41, 5.74) is 3.02. The van der Waals surface area contributed by atoms with Crippen LogP contribution in [0.2, 0.25) is 0 Å². The molecule has 0 amide bonds. The summed E-state index contributed by atoms with van der Waals surface area (Å²) in [5, 5.41) is 20.8. The Morgan fingerprint density at radius 2 is 1.21 bits per heavy atom. The van der Waals surface area contributed by atoms with E-state index in [4.69, 9.17) is 18.9 Å². The van der Waals surface area contributed by atoms with Crippen LogP contribution in [0.15, 0.2) is 91.0 Å². The summed E-state index contributed by atoms with van der Waals surface area (Å²) < 4.78 is 23.8. The fourth-order valence-electron chi connectivity index (χ4n) is 3.82. The highest BCUT2D eigenvalue weighted by molar-refractivity contribution is 5.15. The molecule has 0 saturated carbocycles. The molecule has 1 aliphatic rings. The Kier molecular flexibility index (Phi) is 8.60. The summed E-state index contributed by atoms with van der Waals surface area (Å²) in [6.45, 7) is 1.26. The largest absolute Gasteiger partial charge is 0.385 e. The molecule has 1 fully saturated rings. The van der Waals surface area contributed by atoms with Crippen LogP contribution in [-0.2, 0) is 38.8 Å². The molecule has 0 aromatic heterocycles. The number of aliphatic hydroxyl groups is 2. The third-order valence-electron chi connectivity index (χ3n) is 5.60. The summed E-state index contributed by atoms with van der Waals surface area (Å²) in [4.78, 5) is 0. The smallest absolute Gasteiger partial charge is 0.184 e. The van der Waals surface area contributed by atoms with Gasteiger partial charge in [-0.1, -0.05) is 91.0 Å². The second-order valence-electron chi connectivity index (χ2n) is 8.08. The van der Waals surface area contributed by atoms with Crippen LogP contribution in [0.3, 0.4) is 0 Å². The van der Waals surface area contributed by atoms with Crippen LogP contribution < -0.4 is 0 Å². The summed E-state index contributed by atoms with van der Waals surface area (Å²) in [6, 6.07) is 29.3. The standard InChI is InChI=1S/C27H30O6/c28-24-26(32-18-22-14-8-3-9-15-22)25(33-27(24)29)23(31-17-21-12-6-2-7-13-21)19-30-16-20-10-4-1-5-11-20/h1-15,23-29H,16-19H2/t23-,24-,25+,26-,27+/m0/s1. The van der Waals surface area contributed by atoms with Gasteiger partial charge < -0.3 is 29.2 Å². The molecule has 3 aromatic rings. The van der Waals surface area contributed by atoms with E-state index in [0.717, 1.165) is 16.7 Å². The fraction of sp³-hybridized carbons (Fsp3) is 0.333. The molecule has 6 nitrogen and oxygen atoms in total. The quantitative estimate of drug-likeness (QED) is 0.466. The van der Waals surface area contributed by atoms with Crippen molar-refractivity contribution >= 4 is 0 Å². The Morgan fingerprint density at radius 3 is 1.79 bits per heavy atom. The van der Waals surface area contributed by atoms with E-state index in [1.54, 1.807) is 0 Å². The Labute approximate surface area is 194 Å². The van der Waals surface area contributed by atoms with Crippen LogP contribution in [-0.4, -0.2) is 47.5 Å². The molecule has 1 saturated heterocycles. The fourth-order valence-corrected chi connectivity index (χ4v) is 3.82. The molecule has 0 aliphatic carbocycles. The highest BCUT2D eigenvalue weighted by Crippen LogP contribution is 2.28. The van der Waals surface area contributed by atoms with Gasteiger partial charge >= 0.3 is 0 Å². The molecule has 0 bridgehead atoms. The van der Waals surface area contributed by atoms with E-state index in [-0.39, 0.29) is 13.2 Å². The molecule has 6 heteroatoms. The van der Waals surface area contributed by atoms with Crippen LogP contribution in [0.4, 0.5) is 0 Å². The molecule has 0 radical (unpaired) electrons. The van der Waals surface area contributed by atoms with Gasteiger partial charge in [-0.3, -0.25) is 0 Å². The van der Waals surface area contributed by atoms with Crippen LogP contribution in [0.25, 0.3) is 0 Å². The minimum atomic E-state index is -1.35. The van der Waals surface area contributed by atoms with Crippen LogP contribution in [0, 0.1) is 0 Å². The van der Waals surface area contributed by atoms with Crippen molar-refractivity contribution < 1.29 is 29.2 Å². The Hall–Kier alpha value is -2.58. The van der Waals surface area contributed by atoms with Crippen molar-refractivity contribution in [2.45, 2.75) is 50.5 Å². The molecular formula is C27H30O6. The Bertz CT molecular complexity index is 937. The van der Waals surface area contributed by atoms with Crippen molar-refractivity contribution in [2.24, 2.45) is 0 Å². The van der Waals surface area contributed by atoms with E-state index in [1.165, 1.54) is 0 Å². The van der Waals surface area contributed by atoms with Gasteiger partial charge in [0.2, 0.25) is 0 Å². The number of benzene rings is 3. The van der Waals surface area contributed by atoms with E-state index in [1.807, 2.05) is 91.0 Å². The molecule has 0 unspecified atom stereocenters. The lowest BCUT2D eigenvalue weighted by molar-refractivity contribution is -0.170. The molecule has 1 heterocycles. The van der Waals surface area contributed by atoms with Gasteiger partial charge in [0, 0.05) is 0 Å². The van der Waals surface area contributed by atoms with Crippen molar-refractivity contribution in [2.75, 3.05) is 6.61 Å². The van der Waals surface area contributed by atoms with Gasteiger partial charge in [0.25, 0.3) is 0 Å². The first-order valence-electron chi connectivity index (χ1n) is 11.1. The molecule has 4 rings (SSSR count). The summed E-state index contributed by atoms with van der Waals surface area (Å²) in [7, 11) is 0. The molecule has 0 spiro atoms. The minimum absolute atomic E-state index is 0.219. The predicted molar refractivity (Wildman–Crippen MR) is 123 cm³/mol. The number of aliphatic hydroxyl groups excluding tert-OH is 2. The summed E-state index contributed by atoms with van der Waals surface area (Å²) in [5.74, 6) is 0. The molecule has 5 atom stereocenters. The molecule has 3 aromatic carbocycles. The van der Waals surface area contributed by atoms with Crippen LogP contribution in [0.5, 0.6) is 0 Å². The monoisotopic (exact) mass is 450 g/mol. The van der Waals surface area contributed by atoms with Crippen molar-refractivity contribution in [1.82, 2.24) is 0 Å². The normalized spacial score (nSPS) is 23.5. The average molecular weight is 451 g/mol. The Morgan fingerprint density at radius 1 is 0.697 bits per heavy atom. The summed E-state index contributed by atoms with van der Waals surface area (Å²) in [6.07, 6.45) is -4.55. The van der Waals surface area contributed by atoms with Crippen molar-refractivity contribution in [3.8, 4) is 0 Å². The first-order valence-corrected chi connectivity index (χ1v) is 11.1. The zero-order chi connectivity index (χ0) is 22.9. The van der Waals surface area contributed by atoms with Gasteiger partial charge in [-0.2, -0.15) is 0 Å². The van der Waals surface area contributed by atoms with Crippen molar-refractivity contribution in [1.29, 1.82) is 0 Å². The lowest BCUT2D eigenvalue weighted by Crippen LogP contribution is -2.44. The zero-order valence-electron chi connectivity index (χ0n) is 18.4. The summed E-state index contributed by atoms with van der Waals surface area (Å²) >= 11 is 0. The first kappa shape index (κ1) is 23.6. The third-order valence-corrected chi connectivity index (χ3v) is 5.60. The third kappa shape index (κ3) is 6.71. The molecule has 2 N–H and O–H groups in total. The topological polar surface area (TPSA) is 77.4 Å². The lowest BCUT2D eigenvalue weighted by atomic mass is 10.1. The van der Waals surface area contributed by atoms with E-state index in [9.17, 15) is 10.2 Å². The predicted octanol–water partition coefficient (Wildman–Crippen LogP) is 3.45. The van der Waals surface area contributed by atoms with Gasteiger partial charge in [0.05, 0.1) is 26.4 Å². The second-order valence-corrected chi connectivity index (χ2v) is 8.08. The van der Waals surface area contributed by atoms with Gasteiger partial charge in [-0.15, -0.1) is 0 Å². The van der Waals surface area contributed by atoms with Crippen LogP contribution >= 0.6 is 0 Å². The Balaban J connectivity index is 1.44. The molecule has 174 valence electrons. The van der Waals surface area contributed by atoms with Gasteiger partial charge in [-0.05, 0) is 16.7 Å². The number of hydrogen-bond acceptors (Lipinski definition) is 6. The van der Waals surface area contributed by atoms with Crippen LogP contribution in [0.1, 0.15) is 16.7 Å². The van der Waals surface area contributed by atoms with Crippen molar-refractivity contribution in [3.63, 3.8) is 0 Å². The number of hydrogen-bond donors (Lipinski definition) is 2. The van der Waals surface area contributed by atoms with E-state index in [2.05, 4.69) is 0 Å². The van der Waals surface area contributed by atoms with Gasteiger partial charge in [0.15, 0.2) is 6.29 Å². The second kappa shape index (κ2) is 12.0. The van der Waals surface area contributed by atoms with E-state index in [0.29, 0.717) is 13.2 Å². The zero-order valence-corrected chi connectivity index (χ0v) is 18.4. The SMILES string of the molecule is O[C@H]1[C@H](OCc2ccccc2)[C@@H]([C@H](COCc2ccccc2)OCc2ccccc2)O[C@H]1O. The molecule has 33 heavy (non-hydrogen) atoms. The average Bonchev–Trinajstić information content (AvgIpc) is 3.15. The maximum absolute atomic E-state index is 10.5. The highest BCUT2D eigenvalue weighted by atomic mass is 16.7. The first-order chi connectivity index (χ1) is 16.2. The van der Waals surface area contributed by atoms with E-state index >= 15 is 0 Å². The lowest BCUT2D eigenvalue weighted by Gasteiger charge is -2.28. The van der Waals surface area contributed by atoms with E-state index < -0.39 is 30.7 Å². The maximum atomic E-state index is 10.5. The molecule has 1 aliphatic heterocycles. The molecular weight excluding hydrogens is 420 g/mol. The number of ether oxygens (including phenoxy) is 4. The van der Waals surface area contributed by atoms with Gasteiger partial charge in [-0.25, -0.2) is 0 Å². The highest BCUT2D eigenvalue weighted by Gasteiger charge is 2.48. The van der Waals surface area contributed by atoms with Crippen molar-refractivity contribution in [3.05, 3.63) is 108 Å². The maximum Gasteiger partial charge on any atom is 0.184 e. The minimum Gasteiger partial charge on any atom is -0.385 e. The number of rotatable bonds is 11.